The van der Waals surface area contributed by atoms with Crippen molar-refractivity contribution in [1.29, 1.82) is 0 Å². The number of carbonyl (C=O) groups excluding carboxylic acids is 1. The van der Waals surface area contributed by atoms with Gasteiger partial charge in [-0.25, -0.2) is 0 Å². The molecule has 4 bridgehead atoms. The lowest BCUT2D eigenvalue weighted by Gasteiger charge is -2.55. The average molecular weight is 368 g/mol. The molecule has 1 N–H and O–H groups in total. The molecule has 27 heavy (non-hydrogen) atoms. The minimum absolute atomic E-state index is 0.0333. The van der Waals surface area contributed by atoms with Gasteiger partial charge < -0.3 is 10.1 Å². The molecule has 5 saturated carbocycles. The van der Waals surface area contributed by atoms with Crippen LogP contribution in [0.2, 0.25) is 0 Å². The van der Waals surface area contributed by atoms with Crippen LogP contribution in [0.4, 0.5) is 0 Å². The topological polar surface area (TPSA) is 38.3 Å². The Hall–Kier alpha value is -1.51. The summed E-state index contributed by atoms with van der Waals surface area (Å²) >= 11 is 0. The Bertz CT molecular complexity index is 666. The number of hydrogen-bond acceptors (Lipinski definition) is 2. The van der Waals surface area contributed by atoms with Gasteiger partial charge in [-0.05, 0) is 86.8 Å². The Morgan fingerprint density at radius 2 is 1.56 bits per heavy atom. The molecule has 0 aliphatic heterocycles. The van der Waals surface area contributed by atoms with Crippen molar-refractivity contribution in [1.82, 2.24) is 5.32 Å². The van der Waals surface area contributed by atoms with E-state index >= 15 is 0 Å². The molecular formula is C24H33NO2. The number of ether oxygens (including phenoxy) is 1. The third kappa shape index (κ3) is 2.98. The first kappa shape index (κ1) is 17.6. The summed E-state index contributed by atoms with van der Waals surface area (Å²) in [5.41, 5.74) is 1.45. The summed E-state index contributed by atoms with van der Waals surface area (Å²) in [6.07, 6.45) is 12.5. The standard InChI is InChI=1S/C24H33NO2/c1-27-21-6-4-20(5-7-21)23(8-2-3-9-23)16-25-22(26)24-13-17-10-18(14-24)12-19(11-17)15-24/h4-7,17-19H,2-3,8-16H2,1H3,(H,25,26). The van der Waals surface area contributed by atoms with E-state index in [9.17, 15) is 4.79 Å². The molecule has 1 aromatic carbocycles. The zero-order chi connectivity index (χ0) is 18.5. The predicted molar refractivity (Wildman–Crippen MR) is 107 cm³/mol. The highest BCUT2D eigenvalue weighted by Crippen LogP contribution is 2.60. The molecule has 0 saturated heterocycles. The van der Waals surface area contributed by atoms with Gasteiger partial charge in [0.1, 0.15) is 5.75 Å². The minimum atomic E-state index is -0.0333. The van der Waals surface area contributed by atoms with Gasteiger partial charge in [-0.15, -0.1) is 0 Å². The van der Waals surface area contributed by atoms with Crippen LogP contribution in [0.1, 0.15) is 69.8 Å². The van der Waals surface area contributed by atoms with Crippen LogP contribution in [-0.4, -0.2) is 19.6 Å². The van der Waals surface area contributed by atoms with Gasteiger partial charge in [0.2, 0.25) is 5.91 Å². The molecule has 5 aliphatic carbocycles. The molecule has 146 valence electrons. The van der Waals surface area contributed by atoms with E-state index in [1.807, 2.05) is 0 Å². The molecule has 1 aromatic rings. The first-order valence-corrected chi connectivity index (χ1v) is 11.0. The lowest BCUT2D eigenvalue weighted by Crippen LogP contribution is -2.55. The van der Waals surface area contributed by atoms with E-state index < -0.39 is 0 Å². The van der Waals surface area contributed by atoms with Crippen LogP contribution in [0, 0.1) is 23.2 Å². The van der Waals surface area contributed by atoms with Crippen molar-refractivity contribution >= 4 is 5.91 Å². The molecule has 0 atom stereocenters. The number of methoxy groups -OCH3 is 1. The summed E-state index contributed by atoms with van der Waals surface area (Å²) in [5.74, 6) is 3.75. The highest BCUT2D eigenvalue weighted by atomic mass is 16.5. The molecule has 3 heteroatoms. The van der Waals surface area contributed by atoms with E-state index in [0.717, 1.165) is 49.3 Å². The number of benzene rings is 1. The van der Waals surface area contributed by atoms with E-state index in [0.29, 0.717) is 5.91 Å². The van der Waals surface area contributed by atoms with Crippen LogP contribution < -0.4 is 10.1 Å². The molecule has 0 spiro atoms. The Kier molecular flexibility index (Phi) is 4.25. The molecule has 5 aliphatic rings. The Morgan fingerprint density at radius 1 is 1.00 bits per heavy atom. The zero-order valence-electron chi connectivity index (χ0n) is 16.6. The largest absolute Gasteiger partial charge is 0.497 e. The Morgan fingerprint density at radius 3 is 2.07 bits per heavy atom. The lowest BCUT2D eigenvalue weighted by molar-refractivity contribution is -0.146. The summed E-state index contributed by atoms with van der Waals surface area (Å²) in [7, 11) is 1.71. The van der Waals surface area contributed by atoms with Crippen molar-refractivity contribution in [2.24, 2.45) is 23.2 Å². The van der Waals surface area contributed by atoms with Crippen molar-refractivity contribution in [3.63, 3.8) is 0 Å². The van der Waals surface area contributed by atoms with E-state index in [4.69, 9.17) is 4.74 Å². The first-order valence-electron chi connectivity index (χ1n) is 11.0. The second kappa shape index (κ2) is 6.53. The van der Waals surface area contributed by atoms with E-state index in [1.165, 1.54) is 50.5 Å². The fourth-order valence-corrected chi connectivity index (χ4v) is 7.39. The smallest absolute Gasteiger partial charge is 0.226 e. The number of hydrogen-bond donors (Lipinski definition) is 1. The number of amides is 1. The number of nitrogens with one attached hydrogen (secondary N) is 1. The zero-order valence-corrected chi connectivity index (χ0v) is 16.6. The molecule has 0 heterocycles. The van der Waals surface area contributed by atoms with Gasteiger partial charge >= 0.3 is 0 Å². The Balaban J connectivity index is 1.32. The molecular weight excluding hydrogens is 334 g/mol. The maximum Gasteiger partial charge on any atom is 0.226 e. The van der Waals surface area contributed by atoms with Gasteiger partial charge in [-0.1, -0.05) is 25.0 Å². The quantitative estimate of drug-likeness (QED) is 0.809. The fraction of sp³-hybridized carbons (Fsp3) is 0.708. The fourth-order valence-electron chi connectivity index (χ4n) is 7.39. The van der Waals surface area contributed by atoms with Crippen LogP contribution in [0.3, 0.4) is 0 Å². The van der Waals surface area contributed by atoms with Gasteiger partial charge in [0.15, 0.2) is 0 Å². The first-order chi connectivity index (χ1) is 13.1. The summed E-state index contributed by atoms with van der Waals surface area (Å²) < 4.78 is 5.33. The van der Waals surface area contributed by atoms with Crippen LogP contribution >= 0.6 is 0 Å². The maximum absolute atomic E-state index is 13.4. The summed E-state index contributed by atoms with van der Waals surface area (Å²) in [6, 6.07) is 8.55. The van der Waals surface area contributed by atoms with Crippen LogP contribution in [0.25, 0.3) is 0 Å². The van der Waals surface area contributed by atoms with Gasteiger partial charge in [0, 0.05) is 17.4 Å². The van der Waals surface area contributed by atoms with Crippen molar-refractivity contribution in [2.45, 2.75) is 69.6 Å². The molecule has 5 fully saturated rings. The van der Waals surface area contributed by atoms with Gasteiger partial charge in [-0.2, -0.15) is 0 Å². The average Bonchev–Trinajstić information content (AvgIpc) is 3.15. The minimum Gasteiger partial charge on any atom is -0.497 e. The summed E-state index contributed by atoms with van der Waals surface area (Å²) in [5, 5.41) is 3.48. The normalized spacial score (nSPS) is 36.0. The van der Waals surface area contributed by atoms with Gasteiger partial charge in [-0.3, -0.25) is 4.79 Å². The summed E-state index contributed by atoms with van der Waals surface area (Å²) in [4.78, 5) is 13.4. The molecule has 0 aromatic heterocycles. The van der Waals surface area contributed by atoms with Crippen LogP contribution in [0.15, 0.2) is 24.3 Å². The van der Waals surface area contributed by atoms with Crippen LogP contribution in [-0.2, 0) is 10.2 Å². The third-order valence-corrected chi connectivity index (χ3v) is 8.37. The van der Waals surface area contributed by atoms with Crippen molar-refractivity contribution < 1.29 is 9.53 Å². The monoisotopic (exact) mass is 367 g/mol. The number of rotatable bonds is 5. The van der Waals surface area contributed by atoms with Gasteiger partial charge in [0.25, 0.3) is 0 Å². The molecule has 0 unspecified atom stereocenters. The van der Waals surface area contributed by atoms with E-state index in [-0.39, 0.29) is 10.8 Å². The highest BCUT2D eigenvalue weighted by Gasteiger charge is 2.54. The van der Waals surface area contributed by atoms with Crippen LogP contribution in [0.5, 0.6) is 5.75 Å². The maximum atomic E-state index is 13.4. The molecule has 6 rings (SSSR count). The van der Waals surface area contributed by atoms with Crippen molar-refractivity contribution in [2.75, 3.05) is 13.7 Å². The molecule has 1 amide bonds. The third-order valence-electron chi connectivity index (χ3n) is 8.37. The number of carbonyl (C=O) groups is 1. The van der Waals surface area contributed by atoms with E-state index in [1.54, 1.807) is 7.11 Å². The second-order valence-electron chi connectivity index (χ2n) is 10.1. The van der Waals surface area contributed by atoms with Gasteiger partial charge in [0.05, 0.1) is 7.11 Å². The van der Waals surface area contributed by atoms with E-state index in [2.05, 4.69) is 29.6 Å². The molecule has 3 nitrogen and oxygen atoms in total. The SMILES string of the molecule is COc1ccc(C2(CNC(=O)C34CC5CC(CC(C5)C3)C4)CCCC2)cc1. The Labute approximate surface area is 163 Å². The highest BCUT2D eigenvalue weighted by molar-refractivity contribution is 5.83. The van der Waals surface area contributed by atoms with Crippen molar-refractivity contribution in [3.05, 3.63) is 29.8 Å². The second-order valence-corrected chi connectivity index (χ2v) is 10.1. The lowest BCUT2D eigenvalue weighted by atomic mass is 9.49. The molecule has 0 radical (unpaired) electrons. The van der Waals surface area contributed by atoms with Crippen molar-refractivity contribution in [3.8, 4) is 5.75 Å². The summed E-state index contributed by atoms with van der Waals surface area (Å²) in [6.45, 7) is 0.805. The predicted octanol–water partition coefficient (Wildman–Crippen LogP) is 4.84.